The first-order chi connectivity index (χ1) is 12.8. The highest BCUT2D eigenvalue weighted by Gasteiger charge is 2.41. The lowest BCUT2D eigenvalue weighted by Gasteiger charge is -2.31. The highest BCUT2D eigenvalue weighted by Crippen LogP contribution is 2.19. The molecule has 2 saturated heterocycles. The van der Waals surface area contributed by atoms with Gasteiger partial charge in [-0.3, -0.25) is 19.4 Å². The molecule has 10 heteroatoms. The molecule has 0 aliphatic carbocycles. The fourth-order valence-electron chi connectivity index (χ4n) is 3.53. The summed E-state index contributed by atoms with van der Waals surface area (Å²) >= 11 is 0. The van der Waals surface area contributed by atoms with Crippen molar-refractivity contribution >= 4 is 17.8 Å². The van der Waals surface area contributed by atoms with E-state index in [9.17, 15) is 14.4 Å². The smallest absolute Gasteiger partial charge is 0.326 e. The molecule has 0 radical (unpaired) electrons. The maximum absolute atomic E-state index is 12.2. The van der Waals surface area contributed by atoms with Crippen LogP contribution in [0.3, 0.4) is 0 Å². The molecular weight excluding hydrogens is 352 g/mol. The zero-order valence-electron chi connectivity index (χ0n) is 16.0. The highest BCUT2D eigenvalue weighted by molar-refractivity contribution is 6.05. The van der Waals surface area contributed by atoms with Crippen molar-refractivity contribution in [3.8, 4) is 0 Å². The van der Waals surface area contributed by atoms with Gasteiger partial charge in [-0.1, -0.05) is 5.16 Å². The molecule has 1 N–H and O–H groups in total. The van der Waals surface area contributed by atoms with Crippen LogP contribution in [-0.2, 0) is 16.1 Å². The minimum absolute atomic E-state index is 0.000766. The van der Waals surface area contributed by atoms with Crippen molar-refractivity contribution in [3.63, 3.8) is 0 Å². The Balaban J connectivity index is 1.38. The first kappa shape index (κ1) is 19.3. The first-order valence-electron chi connectivity index (χ1n) is 9.17. The summed E-state index contributed by atoms with van der Waals surface area (Å²) in [5.41, 5.74) is 0. The van der Waals surface area contributed by atoms with Gasteiger partial charge in [0, 0.05) is 20.6 Å². The average Bonchev–Trinajstić information content (AvgIpc) is 3.14. The largest absolute Gasteiger partial charge is 0.356 e. The van der Waals surface area contributed by atoms with Gasteiger partial charge in [-0.2, -0.15) is 4.98 Å². The minimum atomic E-state index is -0.706. The third-order valence-electron chi connectivity index (χ3n) is 5.27. The number of carbonyl (C=O) groups is 3. The van der Waals surface area contributed by atoms with Crippen molar-refractivity contribution < 1.29 is 18.9 Å². The van der Waals surface area contributed by atoms with Crippen molar-refractivity contribution in [2.75, 3.05) is 33.7 Å². The first-order valence-corrected chi connectivity index (χ1v) is 9.17. The number of hydrogen-bond donors (Lipinski definition) is 1. The maximum atomic E-state index is 12.2. The Bertz CT molecular complexity index is 712. The van der Waals surface area contributed by atoms with Crippen molar-refractivity contribution in [3.05, 3.63) is 11.7 Å². The number of aromatic nitrogens is 2. The second kappa shape index (κ2) is 8.03. The summed E-state index contributed by atoms with van der Waals surface area (Å²) in [5, 5.41) is 6.71. The number of imide groups is 1. The van der Waals surface area contributed by atoms with Crippen LogP contribution in [0.1, 0.15) is 31.0 Å². The van der Waals surface area contributed by atoms with E-state index in [1.54, 1.807) is 14.0 Å². The summed E-state index contributed by atoms with van der Waals surface area (Å²) in [5.74, 6) is 1.14. The molecule has 1 aromatic heterocycles. The molecule has 27 heavy (non-hydrogen) atoms. The summed E-state index contributed by atoms with van der Waals surface area (Å²) in [7, 11) is 2.98. The van der Waals surface area contributed by atoms with E-state index < -0.39 is 6.04 Å². The third-order valence-corrected chi connectivity index (χ3v) is 5.27. The molecule has 3 heterocycles. The predicted molar refractivity (Wildman–Crippen MR) is 94.4 cm³/mol. The molecule has 0 bridgehead atoms. The maximum Gasteiger partial charge on any atom is 0.326 e. The van der Waals surface area contributed by atoms with Gasteiger partial charge in [-0.15, -0.1) is 0 Å². The highest BCUT2D eigenvalue weighted by atomic mass is 16.5. The fourth-order valence-corrected chi connectivity index (χ4v) is 3.53. The molecule has 148 valence electrons. The van der Waals surface area contributed by atoms with Crippen LogP contribution < -0.4 is 5.32 Å². The van der Waals surface area contributed by atoms with E-state index in [0.717, 1.165) is 30.8 Å². The van der Waals surface area contributed by atoms with Crippen molar-refractivity contribution in [2.24, 2.45) is 5.92 Å². The van der Waals surface area contributed by atoms with Gasteiger partial charge in [0.1, 0.15) is 6.04 Å². The molecule has 4 amide bonds. The Morgan fingerprint density at radius 3 is 2.52 bits per heavy atom. The predicted octanol–water partition coefficient (Wildman–Crippen LogP) is -0.0113. The van der Waals surface area contributed by atoms with Gasteiger partial charge in [-0.25, -0.2) is 4.79 Å². The summed E-state index contributed by atoms with van der Waals surface area (Å²) in [6.45, 7) is 4.85. The van der Waals surface area contributed by atoms with Crippen LogP contribution >= 0.6 is 0 Å². The van der Waals surface area contributed by atoms with Crippen LogP contribution in [0.5, 0.6) is 0 Å². The molecule has 0 aromatic carbocycles. The molecule has 1 unspecified atom stereocenters. The number of rotatable bonds is 6. The van der Waals surface area contributed by atoms with E-state index in [0.29, 0.717) is 30.7 Å². The molecule has 2 aliphatic heterocycles. The second-order valence-electron chi connectivity index (χ2n) is 7.27. The molecule has 1 atom stereocenters. The van der Waals surface area contributed by atoms with E-state index >= 15 is 0 Å². The average molecular weight is 378 g/mol. The number of aryl methyl sites for hydroxylation is 1. The third kappa shape index (κ3) is 4.44. The van der Waals surface area contributed by atoms with Crippen LogP contribution in [0.4, 0.5) is 4.79 Å². The molecular formula is C17H26N6O4. The van der Waals surface area contributed by atoms with E-state index in [-0.39, 0.29) is 24.3 Å². The summed E-state index contributed by atoms with van der Waals surface area (Å²) < 4.78 is 5.15. The van der Waals surface area contributed by atoms with Crippen molar-refractivity contribution in [2.45, 2.75) is 38.8 Å². The van der Waals surface area contributed by atoms with Crippen molar-refractivity contribution in [1.29, 1.82) is 0 Å². The van der Waals surface area contributed by atoms with Gasteiger partial charge in [0.15, 0.2) is 5.82 Å². The number of nitrogens with zero attached hydrogens (tertiary/aromatic N) is 5. The van der Waals surface area contributed by atoms with Gasteiger partial charge < -0.3 is 14.7 Å². The Kier molecular flexibility index (Phi) is 5.73. The van der Waals surface area contributed by atoms with Crippen LogP contribution in [0.25, 0.3) is 0 Å². The Morgan fingerprint density at radius 2 is 1.96 bits per heavy atom. The number of likely N-dealkylation sites (tertiary alicyclic amines) is 1. The summed E-state index contributed by atoms with van der Waals surface area (Å²) in [4.78, 5) is 44.8. The second-order valence-corrected chi connectivity index (χ2v) is 7.27. The van der Waals surface area contributed by atoms with Gasteiger partial charge in [0.25, 0.3) is 5.91 Å². The summed E-state index contributed by atoms with van der Waals surface area (Å²) in [6, 6.07) is -1.08. The van der Waals surface area contributed by atoms with Crippen LogP contribution in [0.15, 0.2) is 4.52 Å². The van der Waals surface area contributed by atoms with Gasteiger partial charge in [0.05, 0.1) is 13.0 Å². The quantitative estimate of drug-likeness (QED) is 0.693. The van der Waals surface area contributed by atoms with Crippen molar-refractivity contribution in [1.82, 2.24) is 30.2 Å². The normalized spacial score (nSPS) is 22.0. The number of likely N-dealkylation sites (N-methyl/N-ethyl adjacent to an activating group) is 2. The molecule has 1 aromatic rings. The number of urea groups is 1. The molecule has 3 rings (SSSR count). The SMILES string of the molecule is Cc1noc(CN2CCC(CNC(=O)CC3C(=O)N(C)C(=O)N3C)CC2)n1. The molecule has 2 fully saturated rings. The molecule has 10 nitrogen and oxygen atoms in total. The lowest BCUT2D eigenvalue weighted by molar-refractivity contribution is -0.131. The standard InChI is InChI=1S/C17H26N6O4/c1-11-19-15(27-20-11)10-23-6-4-12(5-7-23)9-18-14(24)8-13-16(25)22(3)17(26)21(13)2/h12-13H,4-10H2,1-3H3,(H,18,24). The Morgan fingerprint density at radius 1 is 1.26 bits per heavy atom. The van der Waals surface area contributed by atoms with Gasteiger partial charge in [0.2, 0.25) is 11.8 Å². The molecule has 0 spiro atoms. The number of hydrogen-bond acceptors (Lipinski definition) is 7. The number of amides is 4. The number of nitrogens with one attached hydrogen (secondary N) is 1. The zero-order chi connectivity index (χ0) is 19.6. The fraction of sp³-hybridized carbons (Fsp3) is 0.706. The van der Waals surface area contributed by atoms with Crippen LogP contribution in [0, 0.1) is 12.8 Å². The number of carbonyl (C=O) groups excluding carboxylic acids is 3. The minimum Gasteiger partial charge on any atom is -0.356 e. The lowest BCUT2D eigenvalue weighted by Crippen LogP contribution is -2.41. The van der Waals surface area contributed by atoms with E-state index in [2.05, 4.69) is 20.4 Å². The lowest BCUT2D eigenvalue weighted by atomic mass is 9.96. The van der Waals surface area contributed by atoms with Crippen LogP contribution in [-0.4, -0.2) is 82.5 Å². The van der Waals surface area contributed by atoms with Gasteiger partial charge in [-0.05, 0) is 38.8 Å². The summed E-state index contributed by atoms with van der Waals surface area (Å²) in [6.07, 6.45) is 1.94. The van der Waals surface area contributed by atoms with E-state index in [4.69, 9.17) is 4.52 Å². The topological polar surface area (TPSA) is 112 Å². The Hall–Kier alpha value is -2.49. The van der Waals surface area contributed by atoms with Gasteiger partial charge >= 0.3 is 6.03 Å². The Labute approximate surface area is 157 Å². The molecule has 0 saturated carbocycles. The molecule has 2 aliphatic rings. The number of piperidine rings is 1. The zero-order valence-corrected chi connectivity index (χ0v) is 16.0. The van der Waals surface area contributed by atoms with Crippen LogP contribution in [0.2, 0.25) is 0 Å². The van der Waals surface area contributed by atoms with E-state index in [1.165, 1.54) is 11.9 Å². The van der Waals surface area contributed by atoms with E-state index in [1.807, 2.05) is 0 Å². The monoisotopic (exact) mass is 378 g/mol.